The standard InChI is InChI=1S/C17H17ClN2O4/c18-14-7-1-2-8-15(14)24-10-4-9-19-17(23)20-13-6-3-5-12(11-13)16(21)22/h1-3,5-8,11H,4,9-10H2,(H,21,22)(H2,19,20,23). The number of hydrogen-bond acceptors (Lipinski definition) is 3. The maximum absolute atomic E-state index is 11.7. The molecule has 6 nitrogen and oxygen atoms in total. The molecule has 0 aliphatic rings. The van der Waals surface area contributed by atoms with Gasteiger partial charge in [-0.25, -0.2) is 9.59 Å². The topological polar surface area (TPSA) is 87.7 Å². The van der Waals surface area contributed by atoms with Gasteiger partial charge in [-0.05, 0) is 36.8 Å². The van der Waals surface area contributed by atoms with Crippen LogP contribution in [0.2, 0.25) is 5.02 Å². The van der Waals surface area contributed by atoms with Crippen molar-refractivity contribution in [3.8, 4) is 5.75 Å². The average Bonchev–Trinajstić information content (AvgIpc) is 2.56. The van der Waals surface area contributed by atoms with Crippen LogP contribution in [0.25, 0.3) is 0 Å². The first kappa shape index (κ1) is 17.6. The van der Waals surface area contributed by atoms with E-state index in [1.165, 1.54) is 12.1 Å². The van der Waals surface area contributed by atoms with Crippen molar-refractivity contribution in [1.82, 2.24) is 5.32 Å². The number of para-hydroxylation sites is 1. The highest BCUT2D eigenvalue weighted by Gasteiger charge is 2.06. The van der Waals surface area contributed by atoms with E-state index in [0.717, 1.165) is 0 Å². The molecule has 2 amide bonds. The molecule has 0 aliphatic carbocycles. The third-order valence-corrected chi connectivity index (χ3v) is 3.38. The number of hydrogen-bond donors (Lipinski definition) is 3. The second kappa shape index (κ2) is 8.79. The summed E-state index contributed by atoms with van der Waals surface area (Å²) >= 11 is 5.97. The quantitative estimate of drug-likeness (QED) is 0.667. The minimum absolute atomic E-state index is 0.112. The van der Waals surface area contributed by atoms with Crippen molar-refractivity contribution in [2.75, 3.05) is 18.5 Å². The summed E-state index contributed by atoms with van der Waals surface area (Å²) in [5.41, 5.74) is 0.528. The van der Waals surface area contributed by atoms with Gasteiger partial charge in [0.1, 0.15) is 5.75 Å². The Labute approximate surface area is 144 Å². The molecular weight excluding hydrogens is 332 g/mol. The average molecular weight is 349 g/mol. The lowest BCUT2D eigenvalue weighted by Crippen LogP contribution is -2.30. The predicted octanol–water partition coefficient (Wildman–Crippen LogP) is 3.63. The van der Waals surface area contributed by atoms with E-state index in [0.29, 0.717) is 36.0 Å². The zero-order valence-corrected chi connectivity index (χ0v) is 13.5. The highest BCUT2D eigenvalue weighted by Crippen LogP contribution is 2.22. The van der Waals surface area contributed by atoms with Crippen LogP contribution >= 0.6 is 11.6 Å². The van der Waals surface area contributed by atoms with Crippen LogP contribution in [0.3, 0.4) is 0 Å². The number of benzene rings is 2. The largest absolute Gasteiger partial charge is 0.492 e. The van der Waals surface area contributed by atoms with Gasteiger partial charge in [-0.1, -0.05) is 29.8 Å². The monoisotopic (exact) mass is 348 g/mol. The molecule has 0 atom stereocenters. The normalized spacial score (nSPS) is 10.0. The van der Waals surface area contributed by atoms with E-state index < -0.39 is 12.0 Å². The van der Waals surface area contributed by atoms with Gasteiger partial charge in [-0.15, -0.1) is 0 Å². The van der Waals surface area contributed by atoms with Crippen molar-refractivity contribution >= 4 is 29.3 Å². The van der Waals surface area contributed by atoms with Gasteiger partial charge >= 0.3 is 12.0 Å². The second-order valence-electron chi connectivity index (χ2n) is 4.90. The summed E-state index contributed by atoms with van der Waals surface area (Å²) in [6.07, 6.45) is 0.605. The van der Waals surface area contributed by atoms with Crippen LogP contribution in [0, 0.1) is 0 Å². The number of halogens is 1. The number of carboxylic acids is 1. The first-order valence-corrected chi connectivity index (χ1v) is 7.69. The third kappa shape index (κ3) is 5.48. The van der Waals surface area contributed by atoms with Crippen molar-refractivity contribution in [3.63, 3.8) is 0 Å². The summed E-state index contributed by atoms with van der Waals surface area (Å²) in [6.45, 7) is 0.827. The molecule has 2 rings (SSSR count). The summed E-state index contributed by atoms with van der Waals surface area (Å²) in [4.78, 5) is 22.6. The highest BCUT2D eigenvalue weighted by atomic mass is 35.5. The van der Waals surface area contributed by atoms with Crippen molar-refractivity contribution in [2.24, 2.45) is 0 Å². The molecule has 3 N–H and O–H groups in total. The lowest BCUT2D eigenvalue weighted by atomic mass is 10.2. The Morgan fingerprint density at radius 1 is 1.12 bits per heavy atom. The van der Waals surface area contributed by atoms with Crippen molar-refractivity contribution in [1.29, 1.82) is 0 Å². The minimum Gasteiger partial charge on any atom is -0.492 e. The molecule has 2 aromatic carbocycles. The second-order valence-corrected chi connectivity index (χ2v) is 5.31. The maximum atomic E-state index is 11.7. The maximum Gasteiger partial charge on any atom is 0.335 e. The molecular formula is C17H17ClN2O4. The number of rotatable bonds is 7. The van der Waals surface area contributed by atoms with Gasteiger partial charge in [0.05, 0.1) is 17.2 Å². The Hall–Kier alpha value is -2.73. The molecule has 2 aromatic rings. The van der Waals surface area contributed by atoms with Crippen LogP contribution in [-0.4, -0.2) is 30.3 Å². The zero-order chi connectivity index (χ0) is 17.4. The molecule has 0 spiro atoms. The van der Waals surface area contributed by atoms with Crippen LogP contribution in [0.1, 0.15) is 16.8 Å². The van der Waals surface area contributed by atoms with E-state index in [4.69, 9.17) is 21.4 Å². The van der Waals surface area contributed by atoms with Crippen molar-refractivity contribution in [2.45, 2.75) is 6.42 Å². The Balaban J connectivity index is 1.69. The van der Waals surface area contributed by atoms with E-state index in [9.17, 15) is 9.59 Å². The van der Waals surface area contributed by atoms with E-state index in [2.05, 4.69) is 10.6 Å². The molecule has 0 heterocycles. The Bertz CT molecular complexity index is 721. The number of nitrogens with one attached hydrogen (secondary N) is 2. The van der Waals surface area contributed by atoms with Crippen LogP contribution in [0.5, 0.6) is 5.75 Å². The molecule has 7 heteroatoms. The van der Waals surface area contributed by atoms with Crippen molar-refractivity contribution in [3.05, 3.63) is 59.1 Å². The number of anilines is 1. The third-order valence-electron chi connectivity index (χ3n) is 3.07. The van der Waals surface area contributed by atoms with Gasteiger partial charge in [0.15, 0.2) is 0 Å². The predicted molar refractivity (Wildman–Crippen MR) is 92.0 cm³/mol. The van der Waals surface area contributed by atoms with Crippen LogP contribution < -0.4 is 15.4 Å². The summed E-state index contributed by atoms with van der Waals surface area (Å²) in [6, 6.07) is 12.8. The number of urea groups is 1. The smallest absolute Gasteiger partial charge is 0.335 e. The molecule has 24 heavy (non-hydrogen) atoms. The van der Waals surface area contributed by atoms with Gasteiger partial charge in [0.25, 0.3) is 0 Å². The fourth-order valence-electron chi connectivity index (χ4n) is 1.92. The summed E-state index contributed by atoms with van der Waals surface area (Å²) in [5, 5.41) is 14.7. The summed E-state index contributed by atoms with van der Waals surface area (Å²) < 4.78 is 5.51. The zero-order valence-electron chi connectivity index (χ0n) is 12.8. The van der Waals surface area contributed by atoms with Crippen molar-refractivity contribution < 1.29 is 19.4 Å². The lowest BCUT2D eigenvalue weighted by Gasteiger charge is -2.09. The number of ether oxygens (including phenoxy) is 1. The van der Waals surface area contributed by atoms with E-state index in [-0.39, 0.29) is 5.56 Å². The van der Waals surface area contributed by atoms with Crippen LogP contribution in [0.15, 0.2) is 48.5 Å². The fourth-order valence-corrected chi connectivity index (χ4v) is 2.11. The van der Waals surface area contributed by atoms with Gasteiger partial charge in [0, 0.05) is 12.2 Å². The molecule has 0 aliphatic heterocycles. The summed E-state index contributed by atoms with van der Waals surface area (Å²) in [5.74, 6) is -0.440. The molecule has 0 bridgehead atoms. The molecule has 0 saturated heterocycles. The number of carbonyl (C=O) groups is 2. The Morgan fingerprint density at radius 2 is 1.92 bits per heavy atom. The molecule has 0 saturated carbocycles. The van der Waals surface area contributed by atoms with Gasteiger partial charge < -0.3 is 20.5 Å². The number of aromatic carboxylic acids is 1. The Morgan fingerprint density at radius 3 is 2.67 bits per heavy atom. The van der Waals surface area contributed by atoms with Crippen LogP contribution in [0.4, 0.5) is 10.5 Å². The molecule has 0 unspecified atom stereocenters. The number of carbonyl (C=O) groups excluding carboxylic acids is 1. The van der Waals surface area contributed by atoms with E-state index in [1.54, 1.807) is 24.3 Å². The minimum atomic E-state index is -1.05. The number of amides is 2. The highest BCUT2D eigenvalue weighted by molar-refractivity contribution is 6.32. The SMILES string of the molecule is O=C(NCCCOc1ccccc1Cl)Nc1cccc(C(=O)O)c1. The Kier molecular flexibility index (Phi) is 6.45. The number of carboxylic acid groups (broad SMARTS) is 1. The fraction of sp³-hybridized carbons (Fsp3) is 0.176. The van der Waals surface area contributed by atoms with E-state index in [1.807, 2.05) is 12.1 Å². The molecule has 0 aromatic heterocycles. The van der Waals surface area contributed by atoms with E-state index >= 15 is 0 Å². The van der Waals surface area contributed by atoms with Gasteiger partial charge in [0.2, 0.25) is 0 Å². The van der Waals surface area contributed by atoms with Gasteiger partial charge in [-0.2, -0.15) is 0 Å². The first-order chi connectivity index (χ1) is 11.6. The molecule has 0 radical (unpaired) electrons. The van der Waals surface area contributed by atoms with Crippen LogP contribution in [-0.2, 0) is 0 Å². The van der Waals surface area contributed by atoms with Gasteiger partial charge in [-0.3, -0.25) is 0 Å². The summed E-state index contributed by atoms with van der Waals surface area (Å²) in [7, 11) is 0. The lowest BCUT2D eigenvalue weighted by molar-refractivity contribution is 0.0697. The molecule has 0 fully saturated rings. The molecule has 126 valence electrons. The first-order valence-electron chi connectivity index (χ1n) is 7.32.